The fourth-order valence-corrected chi connectivity index (χ4v) is 4.39. The second-order valence-corrected chi connectivity index (χ2v) is 9.65. The minimum atomic E-state index is -3.60. The summed E-state index contributed by atoms with van der Waals surface area (Å²) in [7, 11) is -0.749. The van der Waals surface area contributed by atoms with Gasteiger partial charge < -0.3 is 10.2 Å². The first kappa shape index (κ1) is 24.0. The lowest BCUT2D eigenvalue weighted by atomic mass is 10.0. The Morgan fingerprint density at radius 1 is 1.06 bits per heavy atom. The number of anilines is 1. The van der Waals surface area contributed by atoms with Gasteiger partial charge in [0.2, 0.25) is 0 Å². The third kappa shape index (κ3) is 5.59. The summed E-state index contributed by atoms with van der Waals surface area (Å²) in [6.07, 6.45) is 1.48. The molecule has 1 aliphatic rings. The Bertz CT molecular complexity index is 1080. The lowest BCUT2D eigenvalue weighted by Gasteiger charge is -2.23. The van der Waals surface area contributed by atoms with Crippen LogP contribution >= 0.6 is 0 Å². The third-order valence-corrected chi connectivity index (χ3v) is 6.86. The number of carbonyl (C=O) groups excluding carboxylic acids is 1. The van der Waals surface area contributed by atoms with E-state index in [1.807, 2.05) is 0 Å². The molecule has 11 heteroatoms. The fraction of sp³-hybridized carbons (Fsp3) is 0.381. The molecule has 0 saturated carbocycles. The molecule has 0 aliphatic carbocycles. The van der Waals surface area contributed by atoms with Gasteiger partial charge in [-0.3, -0.25) is 0 Å². The molecule has 2 N–H and O–H groups in total. The van der Waals surface area contributed by atoms with Crippen LogP contribution in [0.2, 0.25) is 0 Å². The monoisotopic (exact) mass is 470 g/mol. The van der Waals surface area contributed by atoms with E-state index in [4.69, 9.17) is 0 Å². The molecule has 174 valence electrons. The molecule has 1 saturated heterocycles. The van der Waals surface area contributed by atoms with Crippen LogP contribution in [0.1, 0.15) is 19.3 Å². The largest absolute Gasteiger partial charge is 0.324 e. The highest BCUT2D eigenvalue weighted by Crippen LogP contribution is 2.33. The summed E-state index contributed by atoms with van der Waals surface area (Å²) in [6, 6.07) is 5.75. The number of urea groups is 1. The molecule has 0 unspecified atom stereocenters. The SMILES string of the molecule is CN(C)S(=O)(=O)N[C@H]1CCCN(C(=O)Nc2cc(F)ccc2-c2c(F)cccc2F)CC1. The second-order valence-electron chi connectivity index (χ2n) is 7.74. The van der Waals surface area contributed by atoms with Crippen molar-refractivity contribution in [1.29, 1.82) is 0 Å². The van der Waals surface area contributed by atoms with E-state index in [1.165, 1.54) is 31.1 Å². The predicted molar refractivity (Wildman–Crippen MR) is 116 cm³/mol. The van der Waals surface area contributed by atoms with Crippen molar-refractivity contribution in [2.45, 2.75) is 25.3 Å². The summed E-state index contributed by atoms with van der Waals surface area (Å²) in [5, 5.41) is 2.55. The second kappa shape index (κ2) is 9.88. The van der Waals surface area contributed by atoms with Crippen LogP contribution in [-0.4, -0.2) is 56.9 Å². The molecular weight excluding hydrogens is 445 g/mol. The maximum atomic E-state index is 14.3. The minimum absolute atomic E-state index is 0.0155. The van der Waals surface area contributed by atoms with Crippen LogP contribution in [-0.2, 0) is 10.2 Å². The molecule has 2 aromatic carbocycles. The number of hydrogen-bond acceptors (Lipinski definition) is 3. The van der Waals surface area contributed by atoms with Crippen molar-refractivity contribution >= 4 is 21.9 Å². The molecule has 0 bridgehead atoms. The summed E-state index contributed by atoms with van der Waals surface area (Å²) in [4.78, 5) is 14.3. The van der Waals surface area contributed by atoms with Gasteiger partial charge in [-0.15, -0.1) is 0 Å². The number of hydrogen-bond donors (Lipinski definition) is 2. The zero-order valence-corrected chi connectivity index (χ0v) is 18.6. The normalized spacial score (nSPS) is 17.3. The van der Waals surface area contributed by atoms with E-state index >= 15 is 0 Å². The molecule has 1 aliphatic heterocycles. The van der Waals surface area contributed by atoms with Crippen molar-refractivity contribution in [2.75, 3.05) is 32.5 Å². The smallest absolute Gasteiger partial charge is 0.321 e. The van der Waals surface area contributed by atoms with Crippen LogP contribution in [0.25, 0.3) is 11.1 Å². The van der Waals surface area contributed by atoms with Crippen molar-refractivity contribution < 1.29 is 26.4 Å². The number of carbonyl (C=O) groups is 1. The van der Waals surface area contributed by atoms with Crippen molar-refractivity contribution in [3.8, 4) is 11.1 Å². The van der Waals surface area contributed by atoms with Crippen LogP contribution in [0.3, 0.4) is 0 Å². The van der Waals surface area contributed by atoms with E-state index in [0.717, 1.165) is 28.6 Å². The Morgan fingerprint density at radius 2 is 1.75 bits per heavy atom. The number of rotatable bonds is 5. The predicted octanol–water partition coefficient (Wildman–Crippen LogP) is 3.55. The van der Waals surface area contributed by atoms with E-state index in [9.17, 15) is 26.4 Å². The van der Waals surface area contributed by atoms with E-state index < -0.39 is 33.7 Å². The van der Waals surface area contributed by atoms with Crippen LogP contribution < -0.4 is 10.0 Å². The topological polar surface area (TPSA) is 81.8 Å². The summed E-state index contributed by atoms with van der Waals surface area (Å²) < 4.78 is 70.2. The summed E-state index contributed by atoms with van der Waals surface area (Å²) in [5.74, 6) is -2.34. The van der Waals surface area contributed by atoms with Crippen molar-refractivity contribution in [1.82, 2.24) is 13.9 Å². The zero-order chi connectivity index (χ0) is 23.5. The van der Waals surface area contributed by atoms with Gasteiger partial charge in [-0.1, -0.05) is 6.07 Å². The molecule has 0 spiro atoms. The molecule has 3 rings (SSSR count). The lowest BCUT2D eigenvalue weighted by molar-refractivity contribution is 0.213. The summed E-state index contributed by atoms with van der Waals surface area (Å²) in [5.41, 5.74) is -0.410. The van der Waals surface area contributed by atoms with Crippen LogP contribution in [0, 0.1) is 17.5 Å². The van der Waals surface area contributed by atoms with Crippen molar-refractivity contribution in [3.05, 3.63) is 53.8 Å². The maximum absolute atomic E-state index is 14.3. The molecule has 1 heterocycles. The Labute approximate surface area is 185 Å². The molecule has 0 aromatic heterocycles. The standard InChI is InChI=1S/C21H25F3N4O3S/c1-27(2)32(30,31)26-15-5-4-11-28(12-10-15)21(29)25-19-13-14(22)8-9-16(19)20-17(23)6-3-7-18(20)24/h3,6-9,13,15,26H,4-5,10-12H2,1-2H3,(H,25,29)/t15-/m0/s1. The van der Waals surface area contributed by atoms with Crippen molar-refractivity contribution in [2.24, 2.45) is 0 Å². The van der Waals surface area contributed by atoms with E-state index in [-0.39, 0.29) is 29.4 Å². The number of benzene rings is 2. The Balaban J connectivity index is 1.76. The van der Waals surface area contributed by atoms with E-state index in [1.54, 1.807) is 0 Å². The van der Waals surface area contributed by atoms with Crippen LogP contribution in [0.15, 0.2) is 36.4 Å². The third-order valence-electron chi connectivity index (χ3n) is 5.27. The van der Waals surface area contributed by atoms with E-state index in [2.05, 4.69) is 10.0 Å². The Hall–Kier alpha value is -2.63. The number of nitrogens with one attached hydrogen (secondary N) is 2. The number of amides is 2. The minimum Gasteiger partial charge on any atom is -0.324 e. The molecule has 1 atom stereocenters. The van der Waals surface area contributed by atoms with Gasteiger partial charge in [-0.25, -0.2) is 18.0 Å². The highest BCUT2D eigenvalue weighted by Gasteiger charge is 2.26. The average molecular weight is 471 g/mol. The molecular formula is C21H25F3N4O3S. The van der Waals surface area contributed by atoms with Crippen molar-refractivity contribution in [3.63, 3.8) is 0 Å². The Kier molecular flexibility index (Phi) is 7.42. The van der Waals surface area contributed by atoms with Gasteiger partial charge in [0, 0.05) is 38.8 Å². The molecule has 32 heavy (non-hydrogen) atoms. The van der Waals surface area contributed by atoms with E-state index in [0.29, 0.717) is 25.8 Å². The van der Waals surface area contributed by atoms with Gasteiger partial charge >= 0.3 is 6.03 Å². The van der Waals surface area contributed by atoms with Gasteiger partial charge in [0.05, 0.1) is 11.3 Å². The van der Waals surface area contributed by atoms with Gasteiger partial charge in [-0.05, 0) is 49.6 Å². The number of nitrogens with zero attached hydrogens (tertiary/aromatic N) is 2. The Morgan fingerprint density at radius 3 is 2.41 bits per heavy atom. The van der Waals surface area contributed by atoms with Crippen LogP contribution in [0.4, 0.5) is 23.7 Å². The van der Waals surface area contributed by atoms with Gasteiger partial charge in [0.25, 0.3) is 10.2 Å². The molecule has 2 aromatic rings. The maximum Gasteiger partial charge on any atom is 0.321 e. The molecule has 7 nitrogen and oxygen atoms in total. The number of likely N-dealkylation sites (tertiary alicyclic amines) is 1. The zero-order valence-electron chi connectivity index (χ0n) is 17.7. The van der Waals surface area contributed by atoms with Gasteiger partial charge in [-0.2, -0.15) is 17.4 Å². The molecule has 1 fully saturated rings. The first-order valence-corrected chi connectivity index (χ1v) is 11.5. The number of halogens is 3. The van der Waals surface area contributed by atoms with Gasteiger partial charge in [0.15, 0.2) is 0 Å². The quantitative estimate of drug-likeness (QED) is 0.701. The lowest BCUT2D eigenvalue weighted by Crippen LogP contribution is -2.42. The molecule has 2 amide bonds. The summed E-state index contributed by atoms with van der Waals surface area (Å²) >= 11 is 0. The average Bonchev–Trinajstić information content (AvgIpc) is 2.94. The summed E-state index contributed by atoms with van der Waals surface area (Å²) in [6.45, 7) is 0.607. The first-order valence-electron chi connectivity index (χ1n) is 10.1. The fourth-order valence-electron chi connectivity index (χ4n) is 3.52. The van der Waals surface area contributed by atoms with Gasteiger partial charge in [0.1, 0.15) is 17.5 Å². The highest BCUT2D eigenvalue weighted by molar-refractivity contribution is 7.87. The highest BCUT2D eigenvalue weighted by atomic mass is 32.2. The molecule has 0 radical (unpaired) electrons. The first-order chi connectivity index (χ1) is 15.1. The van der Waals surface area contributed by atoms with Crippen LogP contribution in [0.5, 0.6) is 0 Å².